The molecule has 0 amide bonds. The SMILES string of the molecule is O=C(O)CC[13CH](O)[13c]1[13cH][13cH][13cH]n[13cH]1. The molecule has 0 fully saturated rings. The predicted octanol–water partition coefficient (Wildman–Crippen LogP) is 0.980. The first-order chi connectivity index (χ1) is 6.20. The minimum Gasteiger partial charge on any atom is -0.481 e. The number of rotatable bonds is 4. The number of hydrogen-bond acceptors (Lipinski definition) is 3. The average molecular weight is 187 g/mol. The molecule has 0 radical (unpaired) electrons. The minimum absolute atomic E-state index is 0.0317. The third-order valence-corrected chi connectivity index (χ3v) is 1.70. The van der Waals surface area contributed by atoms with Crippen molar-refractivity contribution in [2.24, 2.45) is 0 Å². The van der Waals surface area contributed by atoms with Crippen molar-refractivity contribution in [3.8, 4) is 0 Å². The maximum atomic E-state index is 10.2. The van der Waals surface area contributed by atoms with E-state index >= 15 is 0 Å². The van der Waals surface area contributed by atoms with E-state index in [1.807, 2.05) is 0 Å². The molecular weight excluding hydrogens is 176 g/mol. The van der Waals surface area contributed by atoms with Crippen molar-refractivity contribution >= 4 is 5.97 Å². The van der Waals surface area contributed by atoms with Crippen LogP contribution in [-0.2, 0) is 4.79 Å². The molecule has 0 bridgehead atoms. The summed E-state index contributed by atoms with van der Waals surface area (Å²) in [5.74, 6) is -0.900. The number of carboxylic acids is 1. The first-order valence-electron chi connectivity index (χ1n) is 4.00. The molecule has 70 valence electrons. The van der Waals surface area contributed by atoms with Gasteiger partial charge in [-0.3, -0.25) is 9.78 Å². The molecule has 1 atom stereocenters. The van der Waals surface area contributed by atoms with Crippen LogP contribution in [0.2, 0.25) is 0 Å². The first kappa shape index (κ1) is 9.67. The van der Waals surface area contributed by atoms with Crippen molar-refractivity contribution in [2.75, 3.05) is 0 Å². The van der Waals surface area contributed by atoms with Gasteiger partial charge in [0.1, 0.15) is 0 Å². The van der Waals surface area contributed by atoms with Crippen molar-refractivity contribution in [3.63, 3.8) is 0 Å². The third kappa shape index (κ3) is 3.21. The van der Waals surface area contributed by atoms with Gasteiger partial charge >= 0.3 is 5.97 Å². The summed E-state index contributed by atoms with van der Waals surface area (Å²) in [5, 5.41) is 17.8. The van der Waals surface area contributed by atoms with Gasteiger partial charge in [-0.05, 0) is 18.1 Å². The van der Waals surface area contributed by atoms with Crippen molar-refractivity contribution in [1.29, 1.82) is 0 Å². The number of aliphatic carboxylic acids is 1. The summed E-state index contributed by atoms with van der Waals surface area (Å²) < 4.78 is 0. The lowest BCUT2D eigenvalue weighted by atomic mass is 10.4. The quantitative estimate of drug-likeness (QED) is 0.689. The van der Waals surface area contributed by atoms with E-state index in [9.17, 15) is 9.90 Å². The van der Waals surface area contributed by atoms with E-state index in [1.165, 1.54) is 6.20 Å². The number of aliphatic hydroxyl groups is 1. The Labute approximate surface area is 75.9 Å². The summed E-state index contributed by atoms with van der Waals surface area (Å²) in [6.45, 7) is 0. The smallest absolute Gasteiger partial charge is 0.303 e. The molecule has 0 saturated heterocycles. The van der Waals surface area contributed by atoms with E-state index in [4.69, 9.17) is 5.11 Å². The Morgan fingerprint density at radius 3 is 2.92 bits per heavy atom. The Morgan fingerprint density at radius 2 is 2.38 bits per heavy atom. The Hall–Kier alpha value is -1.42. The van der Waals surface area contributed by atoms with Crippen molar-refractivity contribution in [1.82, 2.24) is 4.98 Å². The fraction of sp³-hybridized carbons (Fsp3) is 0.333. The van der Waals surface area contributed by atoms with Crippen LogP contribution >= 0.6 is 0 Å². The van der Waals surface area contributed by atoms with Crippen LogP contribution in [0.1, 0.15) is 24.5 Å². The van der Waals surface area contributed by atoms with Gasteiger partial charge in [0.25, 0.3) is 0 Å². The maximum absolute atomic E-state index is 10.2. The Bertz CT molecular complexity index is 273. The predicted molar refractivity (Wildman–Crippen MR) is 46.1 cm³/mol. The molecule has 0 spiro atoms. The zero-order chi connectivity index (χ0) is 9.68. The molecule has 2 N–H and O–H groups in total. The second-order valence-corrected chi connectivity index (χ2v) is 2.73. The molecule has 4 nitrogen and oxygen atoms in total. The third-order valence-electron chi connectivity index (χ3n) is 1.70. The highest BCUT2D eigenvalue weighted by molar-refractivity contribution is 5.66. The summed E-state index contributed by atoms with van der Waals surface area (Å²) in [4.78, 5) is 14.0. The van der Waals surface area contributed by atoms with E-state index in [-0.39, 0.29) is 12.8 Å². The normalized spacial score (nSPS) is 12.4. The second-order valence-electron chi connectivity index (χ2n) is 2.73. The van der Waals surface area contributed by atoms with Gasteiger partial charge < -0.3 is 10.2 Å². The highest BCUT2D eigenvalue weighted by Gasteiger charge is 2.08. The standard InChI is InChI=1S/C9H11NO3/c11-8(3-4-9(12)13)7-2-1-5-10-6-7/h1-2,5-6,8,11H,3-4H2,(H,12,13)/i1+1,2+1,5+1,6+1,7+1,8+1. The highest BCUT2D eigenvalue weighted by Crippen LogP contribution is 2.16. The fourth-order valence-corrected chi connectivity index (χ4v) is 1.000. The summed E-state index contributed by atoms with van der Waals surface area (Å²) in [6.07, 6.45) is 2.60. The van der Waals surface area contributed by atoms with Gasteiger partial charge in [-0.15, -0.1) is 0 Å². The Balaban J connectivity index is 2.49. The van der Waals surface area contributed by atoms with Crippen LogP contribution in [0.4, 0.5) is 0 Å². The number of aromatic nitrogens is 1. The Morgan fingerprint density at radius 1 is 1.62 bits per heavy atom. The highest BCUT2D eigenvalue weighted by atomic mass is 16.4. The molecule has 0 aliphatic heterocycles. The van der Waals surface area contributed by atoms with Crippen LogP contribution in [0.5, 0.6) is 0 Å². The van der Waals surface area contributed by atoms with Crippen LogP contribution in [0.15, 0.2) is 24.5 Å². The van der Waals surface area contributed by atoms with Crippen molar-refractivity contribution in [3.05, 3.63) is 30.1 Å². The number of pyridine rings is 1. The maximum Gasteiger partial charge on any atom is 0.303 e. The molecule has 1 aromatic rings. The first-order valence-corrected chi connectivity index (χ1v) is 4.00. The van der Waals surface area contributed by atoms with Crippen LogP contribution in [0.25, 0.3) is 0 Å². The largest absolute Gasteiger partial charge is 0.481 e. The molecule has 0 saturated carbocycles. The summed E-state index contributed by atoms with van der Waals surface area (Å²) in [7, 11) is 0. The molecule has 13 heavy (non-hydrogen) atoms. The van der Waals surface area contributed by atoms with E-state index < -0.39 is 12.1 Å². The number of nitrogens with zero attached hydrogens (tertiary/aromatic N) is 1. The average Bonchev–Trinajstić information content (AvgIpc) is 2.15. The van der Waals surface area contributed by atoms with Gasteiger partial charge in [0.2, 0.25) is 0 Å². The van der Waals surface area contributed by atoms with Gasteiger partial charge in [0.15, 0.2) is 0 Å². The molecule has 1 unspecified atom stereocenters. The summed E-state index contributed by atoms with van der Waals surface area (Å²) in [6, 6.07) is 3.43. The zero-order valence-electron chi connectivity index (χ0n) is 7.05. The lowest BCUT2D eigenvalue weighted by Crippen LogP contribution is -2.02. The topological polar surface area (TPSA) is 70.4 Å². The lowest BCUT2D eigenvalue weighted by molar-refractivity contribution is -0.137. The molecule has 1 heterocycles. The summed E-state index contributed by atoms with van der Waals surface area (Å²) in [5.41, 5.74) is 0.656. The van der Waals surface area contributed by atoms with Crippen LogP contribution < -0.4 is 0 Å². The number of aliphatic hydroxyl groups excluding tert-OH is 1. The van der Waals surface area contributed by atoms with Crippen molar-refractivity contribution < 1.29 is 15.0 Å². The number of hydrogen-bond donors (Lipinski definition) is 2. The number of carboxylic acid groups (broad SMARTS) is 1. The molecule has 4 heteroatoms. The molecule has 0 aliphatic rings. The Kier molecular flexibility index (Phi) is 3.40. The van der Waals surface area contributed by atoms with E-state index in [0.717, 1.165) is 0 Å². The van der Waals surface area contributed by atoms with Crippen LogP contribution in [0.3, 0.4) is 0 Å². The number of carbonyl (C=O) groups is 1. The molecule has 0 aromatic carbocycles. The van der Waals surface area contributed by atoms with Gasteiger partial charge in [-0.25, -0.2) is 0 Å². The van der Waals surface area contributed by atoms with Crippen LogP contribution in [0, 0.1) is 0 Å². The van der Waals surface area contributed by atoms with E-state index in [0.29, 0.717) is 5.56 Å². The molecule has 1 rings (SSSR count). The van der Waals surface area contributed by atoms with Gasteiger partial charge in [0, 0.05) is 18.8 Å². The van der Waals surface area contributed by atoms with Gasteiger partial charge in [-0.2, -0.15) is 0 Å². The molecular formula is C9H11NO3. The monoisotopic (exact) mass is 187 g/mol. The summed E-state index contributed by atoms with van der Waals surface area (Å²) >= 11 is 0. The van der Waals surface area contributed by atoms with E-state index in [2.05, 4.69) is 4.98 Å². The lowest BCUT2D eigenvalue weighted by Gasteiger charge is -2.07. The minimum atomic E-state index is -0.900. The van der Waals surface area contributed by atoms with Gasteiger partial charge in [-0.1, -0.05) is 6.07 Å². The fourth-order valence-electron chi connectivity index (χ4n) is 1.000. The van der Waals surface area contributed by atoms with Crippen LogP contribution in [-0.4, -0.2) is 21.2 Å². The second kappa shape index (κ2) is 4.57. The van der Waals surface area contributed by atoms with E-state index in [1.54, 1.807) is 18.3 Å². The van der Waals surface area contributed by atoms with Crippen molar-refractivity contribution in [2.45, 2.75) is 18.9 Å². The molecule has 1 aromatic heterocycles. The molecule has 0 aliphatic carbocycles. The zero-order valence-corrected chi connectivity index (χ0v) is 7.05. The van der Waals surface area contributed by atoms with Gasteiger partial charge in [0.05, 0.1) is 6.10 Å².